The Hall–Kier alpha value is -0.200. The Balaban J connectivity index is 3.57. The zero-order valence-electron chi connectivity index (χ0n) is 8.21. The van der Waals surface area contributed by atoms with E-state index in [1.165, 1.54) is 0 Å². The zero-order valence-corrected chi connectivity index (χ0v) is 8.21. The summed E-state index contributed by atoms with van der Waals surface area (Å²) in [6.45, 7) is -0.236. The lowest BCUT2D eigenvalue weighted by Gasteiger charge is -2.17. The zero-order chi connectivity index (χ0) is 11.0. The van der Waals surface area contributed by atoms with Crippen LogP contribution in [0.3, 0.4) is 0 Å². The third-order valence-electron chi connectivity index (χ3n) is 2.01. The Labute approximate surface area is 83.6 Å². The average Bonchev–Trinajstić information content (AvgIpc) is 2.03. The maximum atomic E-state index is 9.36. The summed E-state index contributed by atoms with van der Waals surface area (Å²) in [5.41, 5.74) is 0. The van der Waals surface area contributed by atoms with Gasteiger partial charge in [0.25, 0.3) is 0 Å². The van der Waals surface area contributed by atoms with Gasteiger partial charge in [0.05, 0.1) is 18.3 Å². The van der Waals surface area contributed by atoms with Gasteiger partial charge in [0.1, 0.15) is 0 Å². The largest absolute Gasteiger partial charge is 0.396 e. The molecule has 0 saturated carbocycles. The van der Waals surface area contributed by atoms with Crippen molar-refractivity contribution in [2.24, 2.45) is 0 Å². The summed E-state index contributed by atoms with van der Waals surface area (Å²) in [7, 11) is 0. The Kier molecular flexibility index (Phi) is 8.02. The van der Waals surface area contributed by atoms with E-state index in [9.17, 15) is 15.3 Å². The van der Waals surface area contributed by atoms with Gasteiger partial charge in [-0.1, -0.05) is 0 Å². The minimum absolute atomic E-state index is 0.118. The Morgan fingerprint density at radius 1 is 0.643 bits per heavy atom. The van der Waals surface area contributed by atoms with Gasteiger partial charge in [0.2, 0.25) is 0 Å². The smallest absolute Gasteiger partial charge is 0.0589 e. The van der Waals surface area contributed by atoms with Crippen LogP contribution >= 0.6 is 0 Å². The van der Waals surface area contributed by atoms with E-state index in [4.69, 9.17) is 10.2 Å². The Bertz CT molecular complexity index is 116. The number of aliphatic hydroxyl groups excluding tert-OH is 5. The second kappa shape index (κ2) is 8.14. The highest BCUT2D eigenvalue weighted by Crippen LogP contribution is 2.09. The summed E-state index contributed by atoms with van der Waals surface area (Å²) >= 11 is 0. The van der Waals surface area contributed by atoms with Gasteiger partial charge in [-0.25, -0.2) is 0 Å². The minimum atomic E-state index is -0.793. The SMILES string of the molecule is OCCC(O)CC(O)CC(O)CCO. The van der Waals surface area contributed by atoms with Crippen LogP contribution in [-0.2, 0) is 0 Å². The number of hydrogen-bond donors (Lipinski definition) is 5. The van der Waals surface area contributed by atoms with Crippen LogP contribution in [0.25, 0.3) is 0 Å². The Morgan fingerprint density at radius 2 is 1.00 bits per heavy atom. The highest BCUT2D eigenvalue weighted by atomic mass is 16.3. The molecule has 0 fully saturated rings. The van der Waals surface area contributed by atoms with Crippen LogP contribution in [0.4, 0.5) is 0 Å². The van der Waals surface area contributed by atoms with Gasteiger partial charge >= 0.3 is 0 Å². The van der Waals surface area contributed by atoms with Gasteiger partial charge in [-0.2, -0.15) is 0 Å². The molecule has 5 nitrogen and oxygen atoms in total. The van der Waals surface area contributed by atoms with Crippen molar-refractivity contribution >= 4 is 0 Å². The van der Waals surface area contributed by atoms with Crippen molar-refractivity contribution < 1.29 is 25.5 Å². The quantitative estimate of drug-likeness (QED) is 0.338. The van der Waals surface area contributed by atoms with Crippen LogP contribution < -0.4 is 0 Å². The molecule has 0 aromatic heterocycles. The van der Waals surface area contributed by atoms with Crippen molar-refractivity contribution in [2.75, 3.05) is 13.2 Å². The first kappa shape index (κ1) is 13.8. The lowest BCUT2D eigenvalue weighted by molar-refractivity contribution is 0.0256. The highest BCUT2D eigenvalue weighted by Gasteiger charge is 2.15. The molecule has 0 aliphatic carbocycles. The molecule has 2 unspecified atom stereocenters. The lowest BCUT2D eigenvalue weighted by atomic mass is 10.0. The van der Waals surface area contributed by atoms with Crippen LogP contribution in [0.2, 0.25) is 0 Å². The van der Waals surface area contributed by atoms with Crippen molar-refractivity contribution in [3.8, 4) is 0 Å². The normalized spacial score (nSPS) is 17.8. The molecule has 0 aliphatic rings. The second-order valence-electron chi connectivity index (χ2n) is 3.46. The molecule has 0 saturated heterocycles. The molecule has 5 heteroatoms. The van der Waals surface area contributed by atoms with Crippen LogP contribution in [0.5, 0.6) is 0 Å². The van der Waals surface area contributed by atoms with E-state index in [-0.39, 0.29) is 38.9 Å². The maximum Gasteiger partial charge on any atom is 0.0589 e. The van der Waals surface area contributed by atoms with Crippen LogP contribution in [0.1, 0.15) is 25.7 Å². The summed E-state index contributed by atoms with van der Waals surface area (Å²) < 4.78 is 0. The molecule has 0 aliphatic heterocycles. The molecule has 0 spiro atoms. The third-order valence-corrected chi connectivity index (χ3v) is 2.01. The molecule has 14 heavy (non-hydrogen) atoms. The number of aliphatic hydroxyl groups is 5. The van der Waals surface area contributed by atoms with Crippen molar-refractivity contribution in [1.29, 1.82) is 0 Å². The molecule has 5 N–H and O–H groups in total. The average molecular weight is 208 g/mol. The van der Waals surface area contributed by atoms with Crippen molar-refractivity contribution in [3.63, 3.8) is 0 Å². The fraction of sp³-hybridized carbons (Fsp3) is 1.00. The van der Waals surface area contributed by atoms with Crippen LogP contribution in [0.15, 0.2) is 0 Å². The fourth-order valence-electron chi connectivity index (χ4n) is 1.26. The summed E-state index contributed by atoms with van der Waals surface area (Å²) in [6.07, 6.45) is -1.53. The molecule has 86 valence electrons. The van der Waals surface area contributed by atoms with Crippen LogP contribution in [-0.4, -0.2) is 57.1 Å². The van der Waals surface area contributed by atoms with E-state index < -0.39 is 18.3 Å². The molecule has 0 heterocycles. The highest BCUT2D eigenvalue weighted by molar-refractivity contribution is 4.67. The summed E-state index contributed by atoms with van der Waals surface area (Å²) in [4.78, 5) is 0. The Morgan fingerprint density at radius 3 is 1.29 bits per heavy atom. The van der Waals surface area contributed by atoms with E-state index >= 15 is 0 Å². The summed E-state index contributed by atoms with van der Waals surface area (Å²) in [5.74, 6) is 0. The molecular weight excluding hydrogens is 188 g/mol. The molecule has 0 amide bonds. The standard InChI is InChI=1S/C9H20O5/c10-3-1-7(12)5-9(14)6-8(13)2-4-11/h7-14H,1-6H2. The lowest BCUT2D eigenvalue weighted by Crippen LogP contribution is -2.24. The van der Waals surface area contributed by atoms with Gasteiger partial charge < -0.3 is 25.5 Å². The third kappa shape index (κ3) is 7.23. The number of rotatable bonds is 8. The van der Waals surface area contributed by atoms with Crippen molar-refractivity contribution in [3.05, 3.63) is 0 Å². The first-order valence-electron chi connectivity index (χ1n) is 4.86. The van der Waals surface area contributed by atoms with Gasteiger partial charge in [-0.15, -0.1) is 0 Å². The molecule has 0 aromatic rings. The molecule has 0 radical (unpaired) electrons. The van der Waals surface area contributed by atoms with E-state index in [2.05, 4.69) is 0 Å². The fourth-order valence-corrected chi connectivity index (χ4v) is 1.26. The van der Waals surface area contributed by atoms with Gasteiger partial charge in [-0.05, 0) is 25.7 Å². The van der Waals surface area contributed by atoms with Crippen molar-refractivity contribution in [2.45, 2.75) is 44.0 Å². The monoisotopic (exact) mass is 208 g/mol. The second-order valence-corrected chi connectivity index (χ2v) is 3.46. The van der Waals surface area contributed by atoms with E-state index in [1.807, 2.05) is 0 Å². The molecule has 0 aromatic carbocycles. The van der Waals surface area contributed by atoms with Gasteiger partial charge in [0.15, 0.2) is 0 Å². The molecular formula is C9H20O5. The predicted octanol–water partition coefficient (Wildman–Crippen LogP) is -1.39. The topological polar surface area (TPSA) is 101 Å². The molecule has 0 rings (SSSR count). The van der Waals surface area contributed by atoms with Gasteiger partial charge in [0, 0.05) is 13.2 Å². The summed E-state index contributed by atoms with van der Waals surface area (Å²) in [6, 6.07) is 0. The van der Waals surface area contributed by atoms with E-state index in [1.54, 1.807) is 0 Å². The van der Waals surface area contributed by atoms with E-state index in [0.717, 1.165) is 0 Å². The van der Waals surface area contributed by atoms with Crippen molar-refractivity contribution in [1.82, 2.24) is 0 Å². The molecule has 0 bridgehead atoms. The van der Waals surface area contributed by atoms with Crippen LogP contribution in [0, 0.1) is 0 Å². The maximum absolute atomic E-state index is 9.36. The van der Waals surface area contributed by atoms with Gasteiger partial charge in [-0.3, -0.25) is 0 Å². The predicted molar refractivity (Wildman–Crippen MR) is 50.7 cm³/mol. The first-order valence-corrected chi connectivity index (χ1v) is 4.86. The first-order chi connectivity index (χ1) is 6.60. The molecule has 2 atom stereocenters. The summed E-state index contributed by atoms with van der Waals surface area (Å²) in [5, 5.41) is 44.8. The minimum Gasteiger partial charge on any atom is -0.396 e. The number of hydrogen-bond acceptors (Lipinski definition) is 5. The van der Waals surface area contributed by atoms with E-state index in [0.29, 0.717) is 0 Å².